The monoisotopic (exact) mass is 271 g/mol. The molecule has 0 bridgehead atoms. The summed E-state index contributed by atoms with van der Waals surface area (Å²) in [5.41, 5.74) is 1.57. The first-order valence-corrected chi connectivity index (χ1v) is 6.16. The van der Waals surface area contributed by atoms with E-state index in [1.54, 1.807) is 49.5 Å². The molecule has 4 heteroatoms. The maximum Gasteiger partial charge on any atom is 0.213 e. The van der Waals surface area contributed by atoms with Gasteiger partial charge in [-0.25, -0.2) is 4.39 Å². The van der Waals surface area contributed by atoms with E-state index in [0.717, 1.165) is 0 Å². The number of carbonyl (C=O) groups is 2. The maximum absolute atomic E-state index is 13.5. The van der Waals surface area contributed by atoms with Gasteiger partial charge in [-0.2, -0.15) is 0 Å². The minimum Gasteiger partial charge on any atom is -0.318 e. The lowest BCUT2D eigenvalue weighted by Crippen LogP contribution is -2.13. The van der Waals surface area contributed by atoms with Gasteiger partial charge in [-0.3, -0.25) is 9.59 Å². The van der Waals surface area contributed by atoms with Gasteiger partial charge in [0, 0.05) is 24.7 Å². The van der Waals surface area contributed by atoms with Crippen molar-refractivity contribution >= 4 is 17.9 Å². The Morgan fingerprint density at radius 1 is 1.15 bits per heavy atom. The second-order valence-corrected chi connectivity index (χ2v) is 4.45. The molecule has 0 radical (unpaired) electrons. The Morgan fingerprint density at radius 2 is 1.80 bits per heavy atom. The first-order valence-electron chi connectivity index (χ1n) is 6.16. The summed E-state index contributed by atoms with van der Waals surface area (Å²) in [6.07, 6.45) is 0.714. The Hall–Kier alpha value is -2.49. The smallest absolute Gasteiger partial charge is 0.213 e. The fourth-order valence-corrected chi connectivity index (χ4v) is 1.86. The summed E-state index contributed by atoms with van der Waals surface area (Å²) in [4.78, 5) is 24.1. The highest BCUT2D eigenvalue weighted by Crippen LogP contribution is 2.15. The number of nitrogens with zero attached hydrogens (tertiary/aromatic N) is 1. The van der Waals surface area contributed by atoms with Crippen LogP contribution in [0.2, 0.25) is 0 Å². The summed E-state index contributed by atoms with van der Waals surface area (Å²) in [5, 5.41) is 0. The summed E-state index contributed by atoms with van der Waals surface area (Å²) < 4.78 is 13.5. The number of hydrogen-bond acceptors (Lipinski definition) is 2. The molecule has 0 saturated heterocycles. The van der Waals surface area contributed by atoms with Crippen molar-refractivity contribution in [3.8, 4) is 0 Å². The Bertz CT molecular complexity index is 623. The largest absolute Gasteiger partial charge is 0.318 e. The third kappa shape index (κ3) is 3.09. The molecule has 0 unspecified atom stereocenters. The number of halogens is 1. The standard InChI is InChI=1S/C16H14FNO2/c1-18(11-19)14-8-6-12(7-9-14)16(20)10-13-4-2-3-5-15(13)17/h2-9,11H,10H2,1H3. The zero-order valence-electron chi connectivity index (χ0n) is 11.0. The summed E-state index contributed by atoms with van der Waals surface area (Å²) in [7, 11) is 1.63. The van der Waals surface area contributed by atoms with Crippen LogP contribution in [0.1, 0.15) is 15.9 Å². The van der Waals surface area contributed by atoms with Gasteiger partial charge in [-0.15, -0.1) is 0 Å². The van der Waals surface area contributed by atoms with Crippen LogP contribution in [-0.2, 0) is 11.2 Å². The van der Waals surface area contributed by atoms with Gasteiger partial charge in [-0.05, 0) is 35.9 Å². The third-order valence-electron chi connectivity index (χ3n) is 3.06. The highest BCUT2D eigenvalue weighted by Gasteiger charge is 2.10. The minimum atomic E-state index is -0.377. The molecular formula is C16H14FNO2. The van der Waals surface area contributed by atoms with Crippen LogP contribution in [0.25, 0.3) is 0 Å². The zero-order valence-corrected chi connectivity index (χ0v) is 11.0. The van der Waals surface area contributed by atoms with E-state index >= 15 is 0 Å². The Kier molecular flexibility index (Phi) is 4.25. The Morgan fingerprint density at radius 3 is 2.40 bits per heavy atom. The second-order valence-electron chi connectivity index (χ2n) is 4.45. The Labute approximate surface area is 116 Å². The van der Waals surface area contributed by atoms with Crippen LogP contribution in [-0.4, -0.2) is 19.2 Å². The fraction of sp³-hybridized carbons (Fsp3) is 0.125. The van der Waals surface area contributed by atoms with Crippen LogP contribution >= 0.6 is 0 Å². The van der Waals surface area contributed by atoms with E-state index in [1.165, 1.54) is 11.0 Å². The van der Waals surface area contributed by atoms with Crippen molar-refractivity contribution in [1.82, 2.24) is 0 Å². The lowest BCUT2D eigenvalue weighted by molar-refractivity contribution is -0.107. The highest BCUT2D eigenvalue weighted by atomic mass is 19.1. The van der Waals surface area contributed by atoms with Crippen molar-refractivity contribution in [2.75, 3.05) is 11.9 Å². The van der Waals surface area contributed by atoms with Gasteiger partial charge in [0.2, 0.25) is 6.41 Å². The number of benzene rings is 2. The van der Waals surface area contributed by atoms with E-state index in [2.05, 4.69) is 0 Å². The molecule has 2 rings (SSSR count). The first-order chi connectivity index (χ1) is 9.61. The normalized spacial score (nSPS) is 10.1. The zero-order chi connectivity index (χ0) is 14.5. The summed E-state index contributed by atoms with van der Waals surface area (Å²) >= 11 is 0. The van der Waals surface area contributed by atoms with Crippen molar-refractivity contribution in [3.63, 3.8) is 0 Å². The molecule has 0 aliphatic carbocycles. The van der Waals surface area contributed by atoms with Crippen molar-refractivity contribution in [1.29, 1.82) is 0 Å². The van der Waals surface area contributed by atoms with Gasteiger partial charge >= 0.3 is 0 Å². The van der Waals surface area contributed by atoms with Crippen molar-refractivity contribution in [2.24, 2.45) is 0 Å². The first kappa shape index (κ1) is 13.9. The molecule has 3 nitrogen and oxygen atoms in total. The van der Waals surface area contributed by atoms with Gasteiger partial charge < -0.3 is 4.90 Å². The molecule has 1 amide bonds. The summed E-state index contributed by atoms with van der Waals surface area (Å²) in [6, 6.07) is 12.9. The molecule has 2 aromatic carbocycles. The molecule has 0 fully saturated rings. The van der Waals surface area contributed by atoms with Crippen LogP contribution in [0, 0.1) is 5.82 Å². The molecule has 0 aliphatic heterocycles. The fourth-order valence-electron chi connectivity index (χ4n) is 1.86. The topological polar surface area (TPSA) is 37.4 Å². The molecule has 0 saturated carbocycles. The number of carbonyl (C=O) groups excluding carboxylic acids is 2. The van der Waals surface area contributed by atoms with Gasteiger partial charge in [0.25, 0.3) is 0 Å². The number of rotatable bonds is 5. The predicted molar refractivity (Wildman–Crippen MR) is 75.3 cm³/mol. The van der Waals surface area contributed by atoms with Gasteiger partial charge in [-0.1, -0.05) is 18.2 Å². The van der Waals surface area contributed by atoms with Crippen LogP contribution in [0.4, 0.5) is 10.1 Å². The van der Waals surface area contributed by atoms with E-state index in [-0.39, 0.29) is 18.0 Å². The quantitative estimate of drug-likeness (QED) is 0.619. The van der Waals surface area contributed by atoms with Crippen LogP contribution in [0.5, 0.6) is 0 Å². The molecule has 0 N–H and O–H groups in total. The van der Waals surface area contributed by atoms with E-state index in [4.69, 9.17) is 0 Å². The Balaban J connectivity index is 2.14. The number of ketones is 1. The van der Waals surface area contributed by atoms with Crippen molar-refractivity contribution in [3.05, 3.63) is 65.5 Å². The summed E-state index contributed by atoms with van der Waals surface area (Å²) in [6.45, 7) is 0. The molecule has 0 aliphatic rings. The maximum atomic E-state index is 13.5. The van der Waals surface area contributed by atoms with E-state index < -0.39 is 0 Å². The van der Waals surface area contributed by atoms with Crippen LogP contribution in [0.15, 0.2) is 48.5 Å². The molecule has 0 heterocycles. The number of amides is 1. The molecule has 0 atom stereocenters. The number of anilines is 1. The average molecular weight is 271 g/mol. The molecule has 102 valence electrons. The number of Topliss-reactive ketones (excluding diaryl/α,β-unsaturated/α-hetero) is 1. The van der Waals surface area contributed by atoms with Crippen LogP contribution < -0.4 is 4.90 Å². The summed E-state index contributed by atoms with van der Waals surface area (Å²) in [5.74, 6) is -0.534. The minimum absolute atomic E-state index is 0.0234. The lowest BCUT2D eigenvalue weighted by atomic mass is 10.0. The van der Waals surface area contributed by atoms with Gasteiger partial charge in [0.15, 0.2) is 5.78 Å². The average Bonchev–Trinajstić information content (AvgIpc) is 2.49. The lowest BCUT2D eigenvalue weighted by Gasteiger charge is -2.10. The second kappa shape index (κ2) is 6.10. The third-order valence-corrected chi connectivity index (χ3v) is 3.06. The number of hydrogen-bond donors (Lipinski definition) is 0. The van der Waals surface area contributed by atoms with E-state index in [0.29, 0.717) is 23.2 Å². The van der Waals surface area contributed by atoms with Crippen molar-refractivity contribution in [2.45, 2.75) is 6.42 Å². The highest BCUT2D eigenvalue weighted by molar-refractivity contribution is 5.98. The predicted octanol–water partition coefficient (Wildman–Crippen LogP) is 2.84. The molecule has 0 spiro atoms. The molecule has 20 heavy (non-hydrogen) atoms. The SMILES string of the molecule is CN(C=O)c1ccc(C(=O)Cc2ccccc2F)cc1. The van der Waals surface area contributed by atoms with E-state index in [1.807, 2.05) is 0 Å². The van der Waals surface area contributed by atoms with Crippen molar-refractivity contribution < 1.29 is 14.0 Å². The van der Waals surface area contributed by atoms with Gasteiger partial charge in [0.1, 0.15) is 5.82 Å². The van der Waals surface area contributed by atoms with Crippen LogP contribution in [0.3, 0.4) is 0 Å². The van der Waals surface area contributed by atoms with E-state index in [9.17, 15) is 14.0 Å². The molecule has 0 aromatic heterocycles. The molecule has 2 aromatic rings. The van der Waals surface area contributed by atoms with Gasteiger partial charge in [0.05, 0.1) is 0 Å². The molecular weight excluding hydrogens is 257 g/mol.